The number of rotatable bonds is 4. The summed E-state index contributed by atoms with van der Waals surface area (Å²) < 4.78 is 0. The van der Waals surface area contributed by atoms with Crippen molar-refractivity contribution in [3.8, 4) is 0 Å². The van der Waals surface area contributed by atoms with Crippen molar-refractivity contribution in [2.75, 3.05) is 39.3 Å². The van der Waals surface area contributed by atoms with Crippen LogP contribution in [0.25, 0.3) is 0 Å². The number of hydrogen-bond donors (Lipinski definition) is 2. The Hall–Kier alpha value is -0.880. The van der Waals surface area contributed by atoms with Crippen molar-refractivity contribution in [3.05, 3.63) is 30.1 Å². The highest BCUT2D eigenvalue weighted by atomic mass is 35.5. The summed E-state index contributed by atoms with van der Waals surface area (Å²) in [6.07, 6.45) is 1.63. The van der Waals surface area contributed by atoms with Gasteiger partial charge in [0.25, 0.3) is 5.91 Å². The molecule has 0 saturated carbocycles. The van der Waals surface area contributed by atoms with Gasteiger partial charge in [-0.05, 0) is 12.1 Å². The molecule has 0 aliphatic carbocycles. The van der Waals surface area contributed by atoms with Gasteiger partial charge in [0.1, 0.15) is 5.69 Å². The number of carbonyl (C=O) groups is 1. The van der Waals surface area contributed by atoms with Gasteiger partial charge in [-0.25, -0.2) is 0 Å². The van der Waals surface area contributed by atoms with Gasteiger partial charge >= 0.3 is 0 Å². The first kappa shape index (κ1) is 18.1. The lowest BCUT2D eigenvalue weighted by Crippen LogP contribution is -2.46. The molecular formula is C12H20Cl2N4O. The average Bonchev–Trinajstić information content (AvgIpc) is 2.41. The molecule has 0 atom stereocenters. The van der Waals surface area contributed by atoms with Gasteiger partial charge in [0.05, 0.1) is 0 Å². The molecule has 0 radical (unpaired) electrons. The summed E-state index contributed by atoms with van der Waals surface area (Å²) in [6, 6.07) is 5.34. The molecule has 0 unspecified atom stereocenters. The lowest BCUT2D eigenvalue weighted by molar-refractivity contribution is 0.0942. The van der Waals surface area contributed by atoms with Gasteiger partial charge in [-0.3, -0.25) is 14.7 Å². The molecule has 2 heterocycles. The summed E-state index contributed by atoms with van der Waals surface area (Å²) in [4.78, 5) is 18.0. The Morgan fingerprint density at radius 3 is 2.68 bits per heavy atom. The molecule has 2 N–H and O–H groups in total. The second-order valence-corrected chi connectivity index (χ2v) is 4.06. The molecule has 1 aliphatic rings. The minimum Gasteiger partial charge on any atom is -0.349 e. The number of aromatic nitrogens is 1. The Labute approximate surface area is 126 Å². The summed E-state index contributed by atoms with van der Waals surface area (Å²) in [5.74, 6) is -0.0965. The zero-order valence-corrected chi connectivity index (χ0v) is 12.3. The third-order valence-electron chi connectivity index (χ3n) is 2.82. The number of hydrogen-bond acceptors (Lipinski definition) is 4. The second-order valence-electron chi connectivity index (χ2n) is 4.06. The summed E-state index contributed by atoms with van der Waals surface area (Å²) in [7, 11) is 0. The lowest BCUT2D eigenvalue weighted by Gasteiger charge is -2.27. The molecule has 1 aromatic heterocycles. The molecule has 1 aromatic rings. The van der Waals surface area contributed by atoms with E-state index in [1.807, 2.05) is 6.07 Å². The van der Waals surface area contributed by atoms with Gasteiger partial charge in [0.15, 0.2) is 0 Å². The first-order valence-electron chi connectivity index (χ1n) is 5.98. The molecule has 19 heavy (non-hydrogen) atoms. The average molecular weight is 307 g/mol. The molecule has 1 aliphatic heterocycles. The first-order chi connectivity index (χ1) is 8.36. The van der Waals surface area contributed by atoms with Crippen LogP contribution in [0.4, 0.5) is 0 Å². The van der Waals surface area contributed by atoms with E-state index in [-0.39, 0.29) is 30.7 Å². The minimum absolute atomic E-state index is 0. The largest absolute Gasteiger partial charge is 0.349 e. The van der Waals surface area contributed by atoms with Crippen LogP contribution in [0.5, 0.6) is 0 Å². The van der Waals surface area contributed by atoms with E-state index in [9.17, 15) is 4.79 Å². The quantitative estimate of drug-likeness (QED) is 0.853. The topological polar surface area (TPSA) is 57.3 Å². The van der Waals surface area contributed by atoms with Gasteiger partial charge in [-0.1, -0.05) is 6.07 Å². The van der Waals surface area contributed by atoms with Crippen molar-refractivity contribution >= 4 is 30.7 Å². The number of piperazine rings is 1. The highest BCUT2D eigenvalue weighted by molar-refractivity contribution is 5.92. The zero-order valence-electron chi connectivity index (χ0n) is 10.7. The summed E-state index contributed by atoms with van der Waals surface area (Å²) in [6.45, 7) is 5.76. The maximum absolute atomic E-state index is 11.7. The highest BCUT2D eigenvalue weighted by Crippen LogP contribution is 1.93. The van der Waals surface area contributed by atoms with Gasteiger partial charge in [0.2, 0.25) is 0 Å². The Balaban J connectivity index is 0.00000162. The number of nitrogens with zero attached hydrogens (tertiary/aromatic N) is 2. The fraction of sp³-hybridized carbons (Fsp3) is 0.500. The number of halogens is 2. The molecule has 7 heteroatoms. The lowest BCUT2D eigenvalue weighted by atomic mass is 10.3. The van der Waals surface area contributed by atoms with Crippen molar-refractivity contribution in [3.63, 3.8) is 0 Å². The SMILES string of the molecule is Cl.Cl.O=C(NCCN1CCNCC1)c1ccccn1. The third kappa shape index (κ3) is 6.20. The maximum atomic E-state index is 11.7. The van der Waals surface area contributed by atoms with Crippen molar-refractivity contribution in [1.82, 2.24) is 20.5 Å². The monoisotopic (exact) mass is 306 g/mol. The summed E-state index contributed by atoms with van der Waals surface area (Å²) in [5.41, 5.74) is 0.479. The third-order valence-corrected chi connectivity index (χ3v) is 2.82. The number of pyridine rings is 1. The molecule has 5 nitrogen and oxygen atoms in total. The van der Waals surface area contributed by atoms with Crippen molar-refractivity contribution in [2.45, 2.75) is 0 Å². The van der Waals surface area contributed by atoms with E-state index in [0.29, 0.717) is 12.2 Å². The van der Waals surface area contributed by atoms with Crippen LogP contribution < -0.4 is 10.6 Å². The summed E-state index contributed by atoms with van der Waals surface area (Å²) >= 11 is 0. The van der Waals surface area contributed by atoms with Crippen LogP contribution in [-0.4, -0.2) is 55.1 Å². The fourth-order valence-corrected chi connectivity index (χ4v) is 1.85. The van der Waals surface area contributed by atoms with Crippen molar-refractivity contribution in [1.29, 1.82) is 0 Å². The van der Waals surface area contributed by atoms with Crippen molar-refractivity contribution < 1.29 is 4.79 Å². The molecule has 0 bridgehead atoms. The second kappa shape index (κ2) is 9.97. The van der Waals surface area contributed by atoms with Crippen LogP contribution in [0.15, 0.2) is 24.4 Å². The zero-order chi connectivity index (χ0) is 11.9. The molecule has 0 aromatic carbocycles. The standard InChI is InChI=1S/C12H18N4O.2ClH/c17-12(11-3-1-2-4-14-11)15-7-10-16-8-5-13-6-9-16;;/h1-4,13H,5-10H2,(H,15,17);2*1H. The first-order valence-corrected chi connectivity index (χ1v) is 5.98. The van der Waals surface area contributed by atoms with E-state index < -0.39 is 0 Å². The number of carbonyl (C=O) groups excluding carboxylic acids is 1. The number of nitrogens with one attached hydrogen (secondary N) is 2. The van der Waals surface area contributed by atoms with Crippen LogP contribution in [0.1, 0.15) is 10.5 Å². The van der Waals surface area contributed by atoms with Gasteiger partial charge in [-0.15, -0.1) is 24.8 Å². The van der Waals surface area contributed by atoms with E-state index in [2.05, 4.69) is 20.5 Å². The van der Waals surface area contributed by atoms with Gasteiger partial charge in [0, 0.05) is 45.5 Å². The molecule has 2 rings (SSSR count). The Morgan fingerprint density at radius 2 is 2.05 bits per heavy atom. The highest BCUT2D eigenvalue weighted by Gasteiger charge is 2.10. The predicted octanol–water partition coefficient (Wildman–Crippen LogP) is 0.560. The molecule has 1 saturated heterocycles. The molecule has 1 fully saturated rings. The smallest absolute Gasteiger partial charge is 0.269 e. The Bertz CT molecular complexity index is 358. The molecular weight excluding hydrogens is 287 g/mol. The van der Waals surface area contributed by atoms with E-state index in [1.54, 1.807) is 18.3 Å². The van der Waals surface area contributed by atoms with Crippen LogP contribution >= 0.6 is 24.8 Å². The van der Waals surface area contributed by atoms with E-state index in [0.717, 1.165) is 32.7 Å². The minimum atomic E-state index is -0.0965. The van der Waals surface area contributed by atoms with Crippen LogP contribution in [-0.2, 0) is 0 Å². The Kier molecular flexibility index (Phi) is 9.51. The van der Waals surface area contributed by atoms with Gasteiger partial charge < -0.3 is 10.6 Å². The maximum Gasteiger partial charge on any atom is 0.269 e. The normalized spacial score (nSPS) is 14.9. The van der Waals surface area contributed by atoms with E-state index >= 15 is 0 Å². The summed E-state index contributed by atoms with van der Waals surface area (Å²) in [5, 5.41) is 6.18. The van der Waals surface area contributed by atoms with Crippen LogP contribution in [0, 0.1) is 0 Å². The van der Waals surface area contributed by atoms with Crippen molar-refractivity contribution in [2.24, 2.45) is 0 Å². The fourth-order valence-electron chi connectivity index (χ4n) is 1.85. The van der Waals surface area contributed by atoms with Crippen LogP contribution in [0.3, 0.4) is 0 Å². The Morgan fingerprint density at radius 1 is 1.32 bits per heavy atom. The molecule has 1 amide bonds. The predicted molar refractivity (Wildman–Crippen MR) is 80.4 cm³/mol. The van der Waals surface area contributed by atoms with E-state index in [1.165, 1.54) is 0 Å². The van der Waals surface area contributed by atoms with E-state index in [4.69, 9.17) is 0 Å². The van der Waals surface area contributed by atoms with Gasteiger partial charge in [-0.2, -0.15) is 0 Å². The number of amides is 1. The van der Waals surface area contributed by atoms with Crippen LogP contribution in [0.2, 0.25) is 0 Å². The molecule has 108 valence electrons. The molecule has 0 spiro atoms.